The zero-order chi connectivity index (χ0) is 16.4. The van der Waals surface area contributed by atoms with Crippen LogP contribution in [-0.4, -0.2) is 25.9 Å². The zero-order valence-electron chi connectivity index (χ0n) is 12.8. The predicted molar refractivity (Wildman–Crippen MR) is 92.3 cm³/mol. The van der Waals surface area contributed by atoms with E-state index in [4.69, 9.17) is 16.3 Å². The number of carbonyl (C=O) groups is 1. The largest absolute Gasteiger partial charge is 0.495 e. The van der Waals surface area contributed by atoms with E-state index in [-0.39, 0.29) is 5.91 Å². The number of halogens is 1. The highest BCUT2D eigenvalue weighted by Gasteiger charge is 2.18. The molecule has 1 heterocycles. The third-order valence-corrected chi connectivity index (χ3v) is 3.90. The van der Waals surface area contributed by atoms with Crippen LogP contribution in [0.1, 0.15) is 15.9 Å². The van der Waals surface area contributed by atoms with Crippen LogP contribution in [0.2, 0.25) is 5.02 Å². The molecule has 0 saturated heterocycles. The molecule has 0 spiro atoms. The number of hydrogen-bond donors (Lipinski definition) is 2. The number of hydrogen-bond acceptors (Lipinski definition) is 4. The van der Waals surface area contributed by atoms with Crippen LogP contribution in [0.4, 0.5) is 11.4 Å². The number of benzene rings is 2. The number of amides is 1. The fraction of sp³-hybridized carbons (Fsp3) is 0.176. The first-order chi connectivity index (χ1) is 11.1. The second-order valence-corrected chi connectivity index (χ2v) is 5.54. The Labute approximate surface area is 139 Å². The SMILES string of the molecule is CNC(=O)c1cccc(NC2=Nc3cc(OC)c(Cl)cc3C2)c1. The number of amidine groups is 1. The number of carbonyl (C=O) groups excluding carboxylic acids is 1. The van der Waals surface area contributed by atoms with Crippen LogP contribution >= 0.6 is 11.6 Å². The summed E-state index contributed by atoms with van der Waals surface area (Å²) in [5.74, 6) is 1.29. The molecule has 0 atom stereocenters. The first kappa shape index (κ1) is 15.4. The fourth-order valence-corrected chi connectivity index (χ4v) is 2.74. The number of anilines is 1. The molecule has 0 unspecified atom stereocenters. The molecule has 2 N–H and O–H groups in total. The van der Waals surface area contributed by atoms with Gasteiger partial charge in [-0.2, -0.15) is 0 Å². The molecule has 1 aliphatic rings. The summed E-state index contributed by atoms with van der Waals surface area (Å²) in [4.78, 5) is 16.2. The van der Waals surface area contributed by atoms with Gasteiger partial charge in [-0.25, -0.2) is 4.99 Å². The van der Waals surface area contributed by atoms with E-state index in [0.29, 0.717) is 22.8 Å². The Morgan fingerprint density at radius 2 is 2.13 bits per heavy atom. The van der Waals surface area contributed by atoms with Crippen molar-refractivity contribution < 1.29 is 9.53 Å². The number of rotatable bonds is 3. The topological polar surface area (TPSA) is 62.7 Å². The van der Waals surface area contributed by atoms with Crippen molar-refractivity contribution in [2.75, 3.05) is 19.5 Å². The van der Waals surface area contributed by atoms with E-state index in [9.17, 15) is 4.79 Å². The highest BCUT2D eigenvalue weighted by atomic mass is 35.5. The summed E-state index contributed by atoms with van der Waals surface area (Å²) in [7, 11) is 3.19. The summed E-state index contributed by atoms with van der Waals surface area (Å²) in [6, 6.07) is 11.0. The van der Waals surface area contributed by atoms with Gasteiger partial charge in [0.05, 0.1) is 17.8 Å². The van der Waals surface area contributed by atoms with Crippen molar-refractivity contribution in [1.82, 2.24) is 5.32 Å². The smallest absolute Gasteiger partial charge is 0.251 e. The predicted octanol–water partition coefficient (Wildman–Crippen LogP) is 3.41. The summed E-state index contributed by atoms with van der Waals surface area (Å²) >= 11 is 6.15. The van der Waals surface area contributed by atoms with Crippen molar-refractivity contribution >= 4 is 34.7 Å². The summed E-state index contributed by atoms with van der Waals surface area (Å²) in [5.41, 5.74) is 3.30. The summed E-state index contributed by atoms with van der Waals surface area (Å²) in [6.45, 7) is 0. The monoisotopic (exact) mass is 329 g/mol. The van der Waals surface area contributed by atoms with Gasteiger partial charge in [0.1, 0.15) is 11.6 Å². The number of ether oxygens (including phenoxy) is 1. The number of aliphatic imine (C=N–C) groups is 1. The van der Waals surface area contributed by atoms with E-state index >= 15 is 0 Å². The summed E-state index contributed by atoms with van der Waals surface area (Å²) in [6.07, 6.45) is 0.656. The molecule has 0 saturated carbocycles. The van der Waals surface area contributed by atoms with Crippen LogP contribution in [0, 0.1) is 0 Å². The number of methoxy groups -OCH3 is 1. The van der Waals surface area contributed by atoms with E-state index in [1.54, 1.807) is 26.3 Å². The molecule has 1 aliphatic heterocycles. The lowest BCUT2D eigenvalue weighted by Gasteiger charge is -2.07. The van der Waals surface area contributed by atoms with Gasteiger partial charge in [0.15, 0.2) is 0 Å². The average Bonchev–Trinajstić information content (AvgIpc) is 2.94. The Morgan fingerprint density at radius 3 is 2.87 bits per heavy atom. The number of nitrogens with one attached hydrogen (secondary N) is 2. The molecule has 0 aliphatic carbocycles. The lowest BCUT2D eigenvalue weighted by Crippen LogP contribution is -2.18. The molecule has 23 heavy (non-hydrogen) atoms. The molecule has 0 bridgehead atoms. The van der Waals surface area contributed by atoms with Crippen LogP contribution in [0.3, 0.4) is 0 Å². The Balaban J connectivity index is 1.81. The van der Waals surface area contributed by atoms with Gasteiger partial charge in [-0.3, -0.25) is 4.79 Å². The van der Waals surface area contributed by atoms with Crippen molar-refractivity contribution in [1.29, 1.82) is 0 Å². The maximum Gasteiger partial charge on any atom is 0.251 e. The van der Waals surface area contributed by atoms with Gasteiger partial charge in [0.2, 0.25) is 0 Å². The maximum absolute atomic E-state index is 11.7. The van der Waals surface area contributed by atoms with Gasteiger partial charge < -0.3 is 15.4 Å². The highest BCUT2D eigenvalue weighted by molar-refractivity contribution is 6.32. The second kappa shape index (κ2) is 6.30. The van der Waals surface area contributed by atoms with E-state index in [0.717, 1.165) is 22.8 Å². The van der Waals surface area contributed by atoms with Crippen LogP contribution < -0.4 is 15.4 Å². The molecule has 0 aromatic heterocycles. The first-order valence-electron chi connectivity index (χ1n) is 7.14. The minimum Gasteiger partial charge on any atom is -0.495 e. The maximum atomic E-state index is 11.7. The molecule has 0 fully saturated rings. The van der Waals surface area contributed by atoms with Crippen LogP contribution in [-0.2, 0) is 6.42 Å². The molecule has 0 radical (unpaired) electrons. The molecule has 3 rings (SSSR count). The second-order valence-electron chi connectivity index (χ2n) is 5.14. The van der Waals surface area contributed by atoms with Crippen molar-refractivity contribution in [3.8, 4) is 5.75 Å². The van der Waals surface area contributed by atoms with Crippen molar-refractivity contribution in [2.45, 2.75) is 6.42 Å². The van der Waals surface area contributed by atoms with E-state index in [2.05, 4.69) is 15.6 Å². The van der Waals surface area contributed by atoms with Gasteiger partial charge in [0.25, 0.3) is 5.91 Å². The van der Waals surface area contributed by atoms with Crippen LogP contribution in [0.15, 0.2) is 41.4 Å². The quantitative estimate of drug-likeness (QED) is 0.907. The standard InChI is InChI=1S/C17H16ClN3O2/c1-19-17(22)10-4-3-5-12(6-10)20-16-8-11-7-13(18)15(23-2)9-14(11)21-16/h3-7,9H,8H2,1-2H3,(H,19,22)(H,20,21). The molecule has 2 aromatic rings. The number of fused-ring (bicyclic) bond motifs is 1. The first-order valence-corrected chi connectivity index (χ1v) is 7.51. The molecule has 6 heteroatoms. The molecule has 5 nitrogen and oxygen atoms in total. The van der Waals surface area contributed by atoms with Gasteiger partial charge >= 0.3 is 0 Å². The normalized spacial score (nSPS) is 12.4. The van der Waals surface area contributed by atoms with E-state index < -0.39 is 0 Å². The number of nitrogens with zero attached hydrogens (tertiary/aromatic N) is 1. The Kier molecular flexibility index (Phi) is 4.21. The molecular weight excluding hydrogens is 314 g/mol. The van der Waals surface area contributed by atoms with Crippen LogP contribution in [0.25, 0.3) is 0 Å². The van der Waals surface area contributed by atoms with Crippen molar-refractivity contribution in [3.63, 3.8) is 0 Å². The zero-order valence-corrected chi connectivity index (χ0v) is 13.6. The van der Waals surface area contributed by atoms with Crippen LogP contribution in [0.5, 0.6) is 5.75 Å². The Morgan fingerprint density at radius 1 is 1.30 bits per heavy atom. The third-order valence-electron chi connectivity index (χ3n) is 3.61. The van der Waals surface area contributed by atoms with Gasteiger partial charge in [0, 0.05) is 30.8 Å². The molecule has 2 aromatic carbocycles. The van der Waals surface area contributed by atoms with E-state index in [1.165, 1.54) is 0 Å². The minimum atomic E-state index is -0.123. The van der Waals surface area contributed by atoms with E-state index in [1.807, 2.05) is 24.3 Å². The summed E-state index contributed by atoms with van der Waals surface area (Å²) in [5, 5.41) is 6.43. The lowest BCUT2D eigenvalue weighted by molar-refractivity contribution is 0.0963. The average molecular weight is 330 g/mol. The Bertz CT molecular complexity index is 802. The third kappa shape index (κ3) is 3.14. The van der Waals surface area contributed by atoms with Gasteiger partial charge in [-0.1, -0.05) is 17.7 Å². The highest BCUT2D eigenvalue weighted by Crippen LogP contribution is 2.36. The molecular formula is C17H16ClN3O2. The fourth-order valence-electron chi connectivity index (χ4n) is 2.47. The lowest BCUT2D eigenvalue weighted by atomic mass is 10.1. The Hall–Kier alpha value is -2.53. The van der Waals surface area contributed by atoms with Crippen molar-refractivity contribution in [2.24, 2.45) is 4.99 Å². The van der Waals surface area contributed by atoms with Crippen molar-refractivity contribution in [3.05, 3.63) is 52.5 Å². The molecule has 118 valence electrons. The minimum absolute atomic E-state index is 0.123. The van der Waals surface area contributed by atoms with Gasteiger partial charge in [-0.15, -0.1) is 0 Å². The molecule has 1 amide bonds. The summed E-state index contributed by atoms with van der Waals surface area (Å²) < 4.78 is 5.21. The van der Waals surface area contributed by atoms with Gasteiger partial charge in [-0.05, 0) is 29.8 Å².